The van der Waals surface area contributed by atoms with Crippen LogP contribution in [0.4, 0.5) is 0 Å². The number of allylic oxidation sites excluding steroid dienone is 1. The van der Waals surface area contributed by atoms with Crippen LogP contribution >= 0.6 is 11.3 Å². The van der Waals surface area contributed by atoms with Crippen molar-refractivity contribution in [1.82, 2.24) is 4.57 Å². The van der Waals surface area contributed by atoms with Crippen LogP contribution in [0.2, 0.25) is 0 Å². The van der Waals surface area contributed by atoms with Crippen LogP contribution in [0, 0.1) is 0 Å². The SMILES string of the molecule is CCOC(=O)C1=C(C)N=c2s/c(=C\c3ccccc3)c(=O)n2[C@@H]1c1ccc(OC)c(OC)c1. The maximum Gasteiger partial charge on any atom is 0.338 e. The summed E-state index contributed by atoms with van der Waals surface area (Å²) in [5, 5.41) is 0. The number of benzene rings is 2. The first-order chi connectivity index (χ1) is 16.0. The minimum Gasteiger partial charge on any atom is -0.493 e. The summed E-state index contributed by atoms with van der Waals surface area (Å²) in [5.41, 5.74) is 2.21. The largest absolute Gasteiger partial charge is 0.493 e. The molecular weight excluding hydrogens is 440 g/mol. The zero-order valence-electron chi connectivity index (χ0n) is 18.8. The Hall–Kier alpha value is -3.65. The van der Waals surface area contributed by atoms with E-state index in [-0.39, 0.29) is 12.2 Å². The van der Waals surface area contributed by atoms with E-state index in [1.54, 1.807) is 44.8 Å². The Morgan fingerprint density at radius 1 is 1.12 bits per heavy atom. The lowest BCUT2D eigenvalue weighted by Crippen LogP contribution is -2.39. The maximum absolute atomic E-state index is 13.6. The first-order valence-electron chi connectivity index (χ1n) is 10.4. The second-order valence-corrected chi connectivity index (χ2v) is 8.34. The number of aromatic nitrogens is 1. The zero-order valence-corrected chi connectivity index (χ0v) is 19.6. The highest BCUT2D eigenvalue weighted by atomic mass is 32.1. The molecule has 1 atom stereocenters. The fraction of sp³-hybridized carbons (Fsp3) is 0.240. The van der Waals surface area contributed by atoms with Crippen molar-refractivity contribution in [3.8, 4) is 11.5 Å². The molecule has 1 aromatic heterocycles. The molecule has 0 saturated heterocycles. The van der Waals surface area contributed by atoms with E-state index in [2.05, 4.69) is 4.99 Å². The highest BCUT2D eigenvalue weighted by molar-refractivity contribution is 7.07. The van der Waals surface area contributed by atoms with E-state index in [9.17, 15) is 9.59 Å². The van der Waals surface area contributed by atoms with Gasteiger partial charge in [0.25, 0.3) is 5.56 Å². The lowest BCUT2D eigenvalue weighted by atomic mass is 9.95. The van der Waals surface area contributed by atoms with Gasteiger partial charge in [0, 0.05) is 0 Å². The summed E-state index contributed by atoms with van der Waals surface area (Å²) in [6.45, 7) is 3.72. The molecule has 0 N–H and O–H groups in total. The van der Waals surface area contributed by atoms with Gasteiger partial charge in [-0.15, -0.1) is 0 Å². The summed E-state index contributed by atoms with van der Waals surface area (Å²) < 4.78 is 18.2. The first kappa shape index (κ1) is 22.5. The summed E-state index contributed by atoms with van der Waals surface area (Å²) in [5.74, 6) is 0.547. The van der Waals surface area contributed by atoms with Crippen molar-refractivity contribution in [3.05, 3.63) is 90.6 Å². The van der Waals surface area contributed by atoms with Gasteiger partial charge in [-0.3, -0.25) is 9.36 Å². The minimum absolute atomic E-state index is 0.215. The van der Waals surface area contributed by atoms with E-state index in [1.807, 2.05) is 42.5 Å². The van der Waals surface area contributed by atoms with Crippen LogP contribution in [-0.2, 0) is 9.53 Å². The van der Waals surface area contributed by atoms with Gasteiger partial charge in [-0.1, -0.05) is 47.7 Å². The van der Waals surface area contributed by atoms with Gasteiger partial charge >= 0.3 is 5.97 Å². The van der Waals surface area contributed by atoms with Gasteiger partial charge in [0.1, 0.15) is 0 Å². The van der Waals surface area contributed by atoms with Gasteiger partial charge in [0.15, 0.2) is 16.3 Å². The van der Waals surface area contributed by atoms with Gasteiger partial charge < -0.3 is 14.2 Å². The molecule has 7 nitrogen and oxygen atoms in total. The van der Waals surface area contributed by atoms with Crippen LogP contribution in [0.5, 0.6) is 11.5 Å². The van der Waals surface area contributed by atoms with Gasteiger partial charge in [0.2, 0.25) is 0 Å². The number of carbonyl (C=O) groups excluding carboxylic acids is 1. The number of hydrogen-bond donors (Lipinski definition) is 0. The number of nitrogens with zero attached hydrogens (tertiary/aromatic N) is 2. The Balaban J connectivity index is 1.98. The third kappa shape index (κ3) is 4.21. The van der Waals surface area contributed by atoms with Crippen LogP contribution in [0.25, 0.3) is 6.08 Å². The van der Waals surface area contributed by atoms with Crippen molar-refractivity contribution in [2.45, 2.75) is 19.9 Å². The third-order valence-electron chi connectivity index (χ3n) is 5.34. The standard InChI is InChI=1S/C25H24N2O5S/c1-5-32-24(29)21-15(2)26-25-27(22(21)17-11-12-18(30-3)19(14-17)31-4)23(28)20(33-25)13-16-9-7-6-8-10-16/h6-14,22H,5H2,1-4H3/b20-13-/t22-/m1/s1. The van der Waals surface area contributed by atoms with E-state index in [4.69, 9.17) is 14.2 Å². The van der Waals surface area contributed by atoms with Crippen LogP contribution in [0.1, 0.15) is 31.0 Å². The molecule has 0 unspecified atom stereocenters. The summed E-state index contributed by atoms with van der Waals surface area (Å²) in [4.78, 5) is 31.6. The number of hydrogen-bond acceptors (Lipinski definition) is 7. The number of rotatable bonds is 6. The molecule has 4 rings (SSSR count). The number of fused-ring (bicyclic) bond motifs is 1. The highest BCUT2D eigenvalue weighted by Gasteiger charge is 2.33. The van der Waals surface area contributed by atoms with Crippen LogP contribution in [-0.4, -0.2) is 31.4 Å². The second-order valence-electron chi connectivity index (χ2n) is 7.33. The molecular formula is C25H24N2O5S. The van der Waals surface area contributed by atoms with Gasteiger partial charge in [0.05, 0.1) is 42.7 Å². The van der Waals surface area contributed by atoms with Crippen molar-refractivity contribution in [3.63, 3.8) is 0 Å². The Morgan fingerprint density at radius 2 is 1.85 bits per heavy atom. The van der Waals surface area contributed by atoms with Crippen molar-refractivity contribution in [2.24, 2.45) is 4.99 Å². The molecule has 170 valence electrons. The average molecular weight is 465 g/mol. The van der Waals surface area contributed by atoms with Crippen molar-refractivity contribution in [1.29, 1.82) is 0 Å². The Bertz CT molecular complexity index is 1400. The zero-order chi connectivity index (χ0) is 23.5. The molecule has 8 heteroatoms. The molecule has 3 aromatic rings. The topological polar surface area (TPSA) is 79.1 Å². The van der Waals surface area contributed by atoms with Gasteiger partial charge in [-0.2, -0.15) is 0 Å². The molecule has 0 spiro atoms. The molecule has 0 saturated carbocycles. The van der Waals surface area contributed by atoms with E-state index >= 15 is 0 Å². The van der Waals surface area contributed by atoms with Crippen molar-refractivity contribution < 1.29 is 19.0 Å². The third-order valence-corrected chi connectivity index (χ3v) is 6.32. The molecule has 0 fully saturated rings. The minimum atomic E-state index is -0.710. The predicted molar refractivity (Wildman–Crippen MR) is 126 cm³/mol. The molecule has 0 radical (unpaired) electrons. The monoisotopic (exact) mass is 464 g/mol. The lowest BCUT2D eigenvalue weighted by Gasteiger charge is -2.25. The molecule has 2 heterocycles. The lowest BCUT2D eigenvalue weighted by molar-refractivity contribution is -0.139. The molecule has 1 aliphatic heterocycles. The molecule has 2 aromatic carbocycles. The van der Waals surface area contributed by atoms with Crippen LogP contribution in [0.3, 0.4) is 0 Å². The average Bonchev–Trinajstić information content (AvgIpc) is 3.12. The van der Waals surface area contributed by atoms with Crippen LogP contribution in [0.15, 0.2) is 69.6 Å². The normalized spacial score (nSPS) is 15.6. The Kier molecular flexibility index (Phi) is 6.46. The van der Waals surface area contributed by atoms with Gasteiger partial charge in [-0.25, -0.2) is 9.79 Å². The molecule has 0 bridgehead atoms. The molecule has 0 aliphatic carbocycles. The summed E-state index contributed by atoms with van der Waals surface area (Å²) in [6, 6.07) is 14.2. The second kappa shape index (κ2) is 9.46. The maximum atomic E-state index is 13.6. The fourth-order valence-electron chi connectivity index (χ4n) is 3.83. The number of thiazole rings is 1. The quantitative estimate of drug-likeness (QED) is 0.524. The fourth-order valence-corrected chi connectivity index (χ4v) is 4.88. The van der Waals surface area contributed by atoms with Crippen molar-refractivity contribution >= 4 is 23.4 Å². The number of methoxy groups -OCH3 is 2. The van der Waals surface area contributed by atoms with E-state index < -0.39 is 12.0 Å². The van der Waals surface area contributed by atoms with Gasteiger partial charge in [-0.05, 0) is 43.2 Å². The summed E-state index contributed by atoms with van der Waals surface area (Å²) in [6.07, 6.45) is 1.83. The summed E-state index contributed by atoms with van der Waals surface area (Å²) >= 11 is 1.29. The number of esters is 1. The molecule has 0 amide bonds. The Labute approximate surface area is 194 Å². The van der Waals surface area contributed by atoms with E-state index in [1.165, 1.54) is 11.3 Å². The number of carbonyl (C=O) groups is 1. The molecule has 1 aliphatic rings. The van der Waals surface area contributed by atoms with Crippen LogP contribution < -0.4 is 24.4 Å². The first-order valence-corrected chi connectivity index (χ1v) is 11.3. The van der Waals surface area contributed by atoms with Crippen molar-refractivity contribution in [2.75, 3.05) is 20.8 Å². The number of ether oxygens (including phenoxy) is 3. The highest BCUT2D eigenvalue weighted by Crippen LogP contribution is 2.36. The molecule has 33 heavy (non-hydrogen) atoms. The van der Waals surface area contributed by atoms with E-state index in [0.29, 0.717) is 37.7 Å². The smallest absolute Gasteiger partial charge is 0.338 e. The Morgan fingerprint density at radius 3 is 2.52 bits per heavy atom. The van der Waals surface area contributed by atoms with E-state index in [0.717, 1.165) is 5.56 Å². The predicted octanol–water partition coefficient (Wildman–Crippen LogP) is 2.82. The summed E-state index contributed by atoms with van der Waals surface area (Å²) in [7, 11) is 3.10.